The standard InChI is InChI=1S/C12H20ClN5O/c1-4-18(5-2)12-15-10(13)14-11(16-12)17(3)9-6-7-19-8-9/h9H,4-8H2,1-3H3. The molecule has 0 radical (unpaired) electrons. The first-order valence-electron chi connectivity index (χ1n) is 6.62. The Bertz CT molecular complexity index is 421. The van der Waals surface area contributed by atoms with Crippen LogP contribution in [-0.4, -0.2) is 54.3 Å². The third-order valence-corrected chi connectivity index (χ3v) is 3.57. The molecule has 2 heterocycles. The van der Waals surface area contributed by atoms with E-state index in [2.05, 4.69) is 33.7 Å². The van der Waals surface area contributed by atoms with Gasteiger partial charge in [-0.15, -0.1) is 0 Å². The van der Waals surface area contributed by atoms with Crippen LogP contribution in [0.25, 0.3) is 0 Å². The van der Waals surface area contributed by atoms with Gasteiger partial charge in [0.2, 0.25) is 17.2 Å². The van der Waals surface area contributed by atoms with E-state index in [1.165, 1.54) is 0 Å². The fourth-order valence-electron chi connectivity index (χ4n) is 2.13. The Labute approximate surface area is 118 Å². The highest BCUT2D eigenvalue weighted by Gasteiger charge is 2.23. The van der Waals surface area contributed by atoms with E-state index in [9.17, 15) is 0 Å². The number of aromatic nitrogens is 3. The molecule has 1 aromatic heterocycles. The third-order valence-electron chi connectivity index (χ3n) is 3.40. The molecule has 0 spiro atoms. The van der Waals surface area contributed by atoms with Crippen molar-refractivity contribution in [3.63, 3.8) is 0 Å². The van der Waals surface area contributed by atoms with E-state index in [0.29, 0.717) is 24.5 Å². The minimum atomic E-state index is 0.234. The highest BCUT2D eigenvalue weighted by atomic mass is 35.5. The summed E-state index contributed by atoms with van der Waals surface area (Å²) < 4.78 is 5.39. The molecule has 19 heavy (non-hydrogen) atoms. The van der Waals surface area contributed by atoms with Crippen molar-refractivity contribution in [1.82, 2.24) is 15.0 Å². The Hall–Kier alpha value is -1.14. The van der Waals surface area contributed by atoms with Crippen molar-refractivity contribution >= 4 is 23.5 Å². The van der Waals surface area contributed by atoms with Crippen LogP contribution in [0.5, 0.6) is 0 Å². The molecule has 0 aromatic carbocycles. The van der Waals surface area contributed by atoms with Gasteiger partial charge in [-0.3, -0.25) is 0 Å². The Kier molecular flexibility index (Phi) is 4.76. The lowest BCUT2D eigenvalue weighted by Gasteiger charge is -2.25. The maximum Gasteiger partial charge on any atom is 0.231 e. The average molecular weight is 286 g/mol. The van der Waals surface area contributed by atoms with Gasteiger partial charge in [-0.05, 0) is 31.9 Å². The first-order chi connectivity index (χ1) is 9.15. The number of ether oxygens (including phenoxy) is 1. The summed E-state index contributed by atoms with van der Waals surface area (Å²) in [5, 5.41) is 0.234. The topological polar surface area (TPSA) is 54.4 Å². The van der Waals surface area contributed by atoms with Crippen molar-refractivity contribution in [3.05, 3.63) is 5.28 Å². The van der Waals surface area contributed by atoms with E-state index >= 15 is 0 Å². The van der Waals surface area contributed by atoms with Crippen LogP contribution in [0.1, 0.15) is 20.3 Å². The van der Waals surface area contributed by atoms with Gasteiger partial charge in [0, 0.05) is 26.7 Å². The second kappa shape index (κ2) is 6.34. The van der Waals surface area contributed by atoms with Gasteiger partial charge in [0.25, 0.3) is 0 Å². The molecule has 0 aliphatic carbocycles. The number of anilines is 2. The van der Waals surface area contributed by atoms with E-state index in [0.717, 1.165) is 26.1 Å². The van der Waals surface area contributed by atoms with Gasteiger partial charge in [-0.25, -0.2) is 0 Å². The third kappa shape index (κ3) is 3.25. The molecular formula is C12H20ClN5O. The Balaban J connectivity index is 2.24. The molecule has 106 valence electrons. The summed E-state index contributed by atoms with van der Waals surface area (Å²) in [7, 11) is 1.97. The zero-order valence-corrected chi connectivity index (χ0v) is 12.4. The molecule has 1 unspecified atom stereocenters. The van der Waals surface area contributed by atoms with E-state index in [4.69, 9.17) is 16.3 Å². The molecule has 0 saturated carbocycles. The van der Waals surface area contributed by atoms with Gasteiger partial charge < -0.3 is 14.5 Å². The predicted molar refractivity (Wildman–Crippen MR) is 76.0 cm³/mol. The second-order valence-electron chi connectivity index (χ2n) is 4.51. The minimum absolute atomic E-state index is 0.234. The van der Waals surface area contributed by atoms with Crippen molar-refractivity contribution in [1.29, 1.82) is 0 Å². The van der Waals surface area contributed by atoms with Crippen LogP contribution in [0.4, 0.5) is 11.9 Å². The fraction of sp³-hybridized carbons (Fsp3) is 0.750. The molecule has 1 saturated heterocycles. The molecule has 1 aromatic rings. The maximum atomic E-state index is 6.01. The summed E-state index contributed by atoms with van der Waals surface area (Å²) in [5.41, 5.74) is 0. The maximum absolute atomic E-state index is 6.01. The first-order valence-corrected chi connectivity index (χ1v) is 7.00. The second-order valence-corrected chi connectivity index (χ2v) is 4.84. The molecule has 0 bridgehead atoms. The molecule has 1 aliphatic rings. The lowest BCUT2D eigenvalue weighted by molar-refractivity contribution is 0.193. The van der Waals surface area contributed by atoms with Crippen LogP contribution in [-0.2, 0) is 4.74 Å². The lowest BCUT2D eigenvalue weighted by atomic mass is 10.2. The van der Waals surface area contributed by atoms with Crippen LogP contribution < -0.4 is 9.80 Å². The van der Waals surface area contributed by atoms with Crippen LogP contribution >= 0.6 is 11.6 Å². The normalized spacial score (nSPS) is 18.6. The molecular weight excluding hydrogens is 266 g/mol. The molecule has 1 fully saturated rings. The molecule has 7 heteroatoms. The highest BCUT2D eigenvalue weighted by molar-refractivity contribution is 6.28. The fourth-order valence-corrected chi connectivity index (χ4v) is 2.28. The number of rotatable bonds is 5. The monoisotopic (exact) mass is 285 g/mol. The van der Waals surface area contributed by atoms with Crippen molar-refractivity contribution in [2.75, 3.05) is 43.2 Å². The molecule has 2 rings (SSSR count). The van der Waals surface area contributed by atoms with Crippen molar-refractivity contribution < 1.29 is 4.74 Å². The van der Waals surface area contributed by atoms with Gasteiger partial charge in [-0.1, -0.05) is 0 Å². The van der Waals surface area contributed by atoms with Gasteiger partial charge in [0.15, 0.2) is 0 Å². The Morgan fingerprint density at radius 2 is 1.89 bits per heavy atom. The van der Waals surface area contributed by atoms with E-state index in [1.807, 2.05) is 11.9 Å². The van der Waals surface area contributed by atoms with E-state index in [1.54, 1.807) is 0 Å². The number of nitrogens with zero attached hydrogens (tertiary/aromatic N) is 5. The summed E-state index contributed by atoms with van der Waals surface area (Å²) in [6.45, 7) is 7.31. The van der Waals surface area contributed by atoms with Crippen LogP contribution in [0.2, 0.25) is 5.28 Å². The van der Waals surface area contributed by atoms with Crippen molar-refractivity contribution in [3.8, 4) is 0 Å². The summed E-state index contributed by atoms with van der Waals surface area (Å²) in [6.07, 6.45) is 0.987. The zero-order chi connectivity index (χ0) is 13.8. The smallest absolute Gasteiger partial charge is 0.231 e. The van der Waals surface area contributed by atoms with Gasteiger partial charge in [-0.2, -0.15) is 15.0 Å². The van der Waals surface area contributed by atoms with Gasteiger partial charge in [0.1, 0.15) is 0 Å². The molecule has 1 atom stereocenters. The Morgan fingerprint density at radius 3 is 2.47 bits per heavy atom. The van der Waals surface area contributed by atoms with Crippen LogP contribution in [0, 0.1) is 0 Å². The molecule has 6 nitrogen and oxygen atoms in total. The van der Waals surface area contributed by atoms with E-state index in [-0.39, 0.29) is 5.28 Å². The number of likely N-dealkylation sites (N-methyl/N-ethyl adjacent to an activating group) is 1. The summed E-state index contributed by atoms with van der Waals surface area (Å²) in [5.74, 6) is 1.24. The summed E-state index contributed by atoms with van der Waals surface area (Å²) in [4.78, 5) is 17.0. The quantitative estimate of drug-likeness (QED) is 0.819. The Morgan fingerprint density at radius 1 is 1.21 bits per heavy atom. The summed E-state index contributed by atoms with van der Waals surface area (Å²) in [6, 6.07) is 0.308. The van der Waals surface area contributed by atoms with Gasteiger partial charge >= 0.3 is 0 Å². The number of hydrogen-bond acceptors (Lipinski definition) is 6. The molecule has 1 aliphatic heterocycles. The average Bonchev–Trinajstić information content (AvgIpc) is 2.92. The van der Waals surface area contributed by atoms with Gasteiger partial charge in [0.05, 0.1) is 12.6 Å². The SMILES string of the molecule is CCN(CC)c1nc(Cl)nc(N(C)C2CCOC2)n1. The van der Waals surface area contributed by atoms with Crippen molar-refractivity contribution in [2.45, 2.75) is 26.3 Å². The van der Waals surface area contributed by atoms with E-state index < -0.39 is 0 Å². The van der Waals surface area contributed by atoms with Crippen molar-refractivity contribution in [2.24, 2.45) is 0 Å². The highest BCUT2D eigenvalue weighted by Crippen LogP contribution is 2.20. The summed E-state index contributed by atoms with van der Waals surface area (Å²) >= 11 is 6.01. The first kappa shape index (κ1) is 14.3. The zero-order valence-electron chi connectivity index (χ0n) is 11.6. The largest absolute Gasteiger partial charge is 0.379 e. The molecule has 0 amide bonds. The number of halogens is 1. The minimum Gasteiger partial charge on any atom is -0.379 e. The van der Waals surface area contributed by atoms with Crippen LogP contribution in [0.15, 0.2) is 0 Å². The lowest BCUT2D eigenvalue weighted by Crippen LogP contribution is -2.34. The predicted octanol–water partition coefficient (Wildman–Crippen LogP) is 1.60. The van der Waals surface area contributed by atoms with Crippen LogP contribution in [0.3, 0.4) is 0 Å². The molecule has 0 N–H and O–H groups in total. The number of hydrogen-bond donors (Lipinski definition) is 0.